The van der Waals surface area contributed by atoms with Crippen molar-refractivity contribution in [1.82, 2.24) is 0 Å². The van der Waals surface area contributed by atoms with Gasteiger partial charge in [0, 0.05) is 17.8 Å². The molecule has 5 N–H and O–H groups in total. The second kappa shape index (κ2) is 5.25. The van der Waals surface area contributed by atoms with Gasteiger partial charge in [-0.25, -0.2) is 4.39 Å². The summed E-state index contributed by atoms with van der Waals surface area (Å²) in [5.74, 6) is -0.397. The summed E-state index contributed by atoms with van der Waals surface area (Å²) in [4.78, 5) is 0. The number of rotatable bonds is 5. The molecule has 0 amide bonds. The lowest BCUT2D eigenvalue weighted by atomic mass is 10.0. The Hall–Kier alpha value is -1.17. The standard InChI is InChI=1S/C11H17FN2O2/c1-11(6-15,7-16)14-9-3-2-8(5-13)10(12)4-9/h2-4,14-16H,5-7,13H2,1H3. The van der Waals surface area contributed by atoms with Crippen LogP contribution in [0.5, 0.6) is 0 Å². The van der Waals surface area contributed by atoms with Gasteiger partial charge in [0.1, 0.15) is 5.82 Å². The van der Waals surface area contributed by atoms with Crippen LogP contribution in [0.4, 0.5) is 10.1 Å². The first-order valence-electron chi connectivity index (χ1n) is 5.03. The van der Waals surface area contributed by atoms with E-state index in [9.17, 15) is 4.39 Å². The topological polar surface area (TPSA) is 78.5 Å². The van der Waals surface area contributed by atoms with Crippen LogP contribution >= 0.6 is 0 Å². The molecule has 0 aliphatic heterocycles. The highest BCUT2D eigenvalue weighted by atomic mass is 19.1. The SMILES string of the molecule is CC(CO)(CO)Nc1ccc(CN)c(F)c1. The second-order valence-corrected chi connectivity index (χ2v) is 4.01. The van der Waals surface area contributed by atoms with Crippen LogP contribution in [0.3, 0.4) is 0 Å². The average molecular weight is 228 g/mol. The Morgan fingerprint density at radius 3 is 2.44 bits per heavy atom. The predicted octanol–water partition coefficient (Wildman–Crippen LogP) is 0.440. The number of nitrogens with one attached hydrogen (secondary N) is 1. The van der Waals surface area contributed by atoms with Crippen LogP contribution < -0.4 is 11.1 Å². The Morgan fingerprint density at radius 2 is 2.00 bits per heavy atom. The number of aliphatic hydroxyl groups excluding tert-OH is 2. The zero-order chi connectivity index (χ0) is 12.2. The van der Waals surface area contributed by atoms with Gasteiger partial charge in [-0.3, -0.25) is 0 Å². The molecule has 0 saturated carbocycles. The lowest BCUT2D eigenvalue weighted by molar-refractivity contribution is 0.147. The van der Waals surface area contributed by atoms with Crippen LogP contribution in [0.15, 0.2) is 18.2 Å². The van der Waals surface area contributed by atoms with Gasteiger partial charge in [0.2, 0.25) is 0 Å². The molecule has 0 radical (unpaired) electrons. The van der Waals surface area contributed by atoms with Crippen LogP contribution in [-0.4, -0.2) is 29.0 Å². The monoisotopic (exact) mass is 228 g/mol. The zero-order valence-corrected chi connectivity index (χ0v) is 9.20. The maximum absolute atomic E-state index is 13.4. The van der Waals surface area contributed by atoms with Crippen molar-refractivity contribution in [2.75, 3.05) is 18.5 Å². The fourth-order valence-electron chi connectivity index (χ4n) is 1.27. The number of hydrogen-bond donors (Lipinski definition) is 4. The Kier molecular flexibility index (Phi) is 4.23. The van der Waals surface area contributed by atoms with Gasteiger partial charge in [0.15, 0.2) is 0 Å². The maximum Gasteiger partial charge on any atom is 0.129 e. The summed E-state index contributed by atoms with van der Waals surface area (Å²) < 4.78 is 13.4. The first-order chi connectivity index (χ1) is 7.54. The van der Waals surface area contributed by atoms with Crippen molar-refractivity contribution >= 4 is 5.69 Å². The molecule has 0 aliphatic carbocycles. The van der Waals surface area contributed by atoms with Gasteiger partial charge in [-0.2, -0.15) is 0 Å². The van der Waals surface area contributed by atoms with E-state index in [1.54, 1.807) is 19.1 Å². The van der Waals surface area contributed by atoms with Gasteiger partial charge in [-0.1, -0.05) is 6.07 Å². The van der Waals surface area contributed by atoms with Crippen LogP contribution in [0.1, 0.15) is 12.5 Å². The highest BCUT2D eigenvalue weighted by molar-refractivity contribution is 5.47. The molecule has 4 nitrogen and oxygen atoms in total. The van der Waals surface area contributed by atoms with E-state index in [4.69, 9.17) is 15.9 Å². The summed E-state index contributed by atoms with van der Waals surface area (Å²) in [6.07, 6.45) is 0. The van der Waals surface area contributed by atoms with E-state index < -0.39 is 11.4 Å². The molecule has 0 aliphatic rings. The third-order valence-electron chi connectivity index (χ3n) is 2.42. The summed E-state index contributed by atoms with van der Waals surface area (Å²) in [7, 11) is 0. The number of aliphatic hydroxyl groups is 2. The van der Waals surface area contributed by atoms with Crippen molar-refractivity contribution in [3.05, 3.63) is 29.6 Å². The van der Waals surface area contributed by atoms with Crippen molar-refractivity contribution in [3.63, 3.8) is 0 Å². The lowest BCUT2D eigenvalue weighted by Gasteiger charge is -2.27. The number of hydrogen-bond acceptors (Lipinski definition) is 4. The molecule has 0 fully saturated rings. The first-order valence-corrected chi connectivity index (χ1v) is 5.03. The molecular formula is C11H17FN2O2. The predicted molar refractivity (Wildman–Crippen MR) is 60.5 cm³/mol. The van der Waals surface area contributed by atoms with E-state index in [1.807, 2.05) is 0 Å². The molecule has 0 heterocycles. The van der Waals surface area contributed by atoms with E-state index in [2.05, 4.69) is 5.32 Å². The molecule has 90 valence electrons. The minimum atomic E-state index is -0.864. The molecule has 0 bridgehead atoms. The van der Waals surface area contributed by atoms with Gasteiger partial charge in [0.05, 0.1) is 18.8 Å². The first kappa shape index (κ1) is 12.9. The van der Waals surface area contributed by atoms with Gasteiger partial charge >= 0.3 is 0 Å². The van der Waals surface area contributed by atoms with Crippen LogP contribution in [0, 0.1) is 5.82 Å². The molecule has 1 aromatic rings. The Morgan fingerprint density at radius 1 is 1.38 bits per heavy atom. The lowest BCUT2D eigenvalue weighted by Crippen LogP contribution is -2.42. The highest BCUT2D eigenvalue weighted by Crippen LogP contribution is 2.18. The Bertz CT molecular complexity index is 354. The van der Waals surface area contributed by atoms with Gasteiger partial charge in [-0.15, -0.1) is 0 Å². The summed E-state index contributed by atoms with van der Waals surface area (Å²) in [6, 6.07) is 4.54. The summed E-state index contributed by atoms with van der Waals surface area (Å²) >= 11 is 0. The van der Waals surface area contributed by atoms with Crippen LogP contribution in [-0.2, 0) is 6.54 Å². The zero-order valence-electron chi connectivity index (χ0n) is 9.20. The van der Waals surface area contributed by atoms with Crippen LogP contribution in [0.2, 0.25) is 0 Å². The van der Waals surface area contributed by atoms with E-state index in [0.29, 0.717) is 11.3 Å². The summed E-state index contributed by atoms with van der Waals surface area (Å²) in [6.45, 7) is 1.29. The molecule has 0 atom stereocenters. The number of halogens is 1. The molecule has 5 heteroatoms. The quantitative estimate of drug-likeness (QED) is 0.589. The van der Waals surface area contributed by atoms with E-state index in [0.717, 1.165) is 0 Å². The Balaban J connectivity index is 2.86. The van der Waals surface area contributed by atoms with Gasteiger partial charge in [-0.05, 0) is 19.1 Å². The largest absolute Gasteiger partial charge is 0.394 e. The smallest absolute Gasteiger partial charge is 0.129 e. The number of benzene rings is 1. The number of anilines is 1. The minimum Gasteiger partial charge on any atom is -0.394 e. The summed E-state index contributed by atoms with van der Waals surface area (Å²) in [5.41, 5.74) is 5.41. The van der Waals surface area contributed by atoms with Crippen molar-refractivity contribution in [2.24, 2.45) is 5.73 Å². The Labute approximate surface area is 93.9 Å². The van der Waals surface area contributed by atoms with Crippen molar-refractivity contribution in [1.29, 1.82) is 0 Å². The summed E-state index contributed by atoms with van der Waals surface area (Å²) in [5, 5.41) is 21.0. The molecule has 0 aromatic heterocycles. The third kappa shape index (κ3) is 2.91. The van der Waals surface area contributed by atoms with Crippen LogP contribution in [0.25, 0.3) is 0 Å². The maximum atomic E-state index is 13.4. The highest BCUT2D eigenvalue weighted by Gasteiger charge is 2.21. The fraction of sp³-hybridized carbons (Fsp3) is 0.455. The molecule has 1 aromatic carbocycles. The van der Waals surface area contributed by atoms with Crippen molar-refractivity contribution in [3.8, 4) is 0 Å². The van der Waals surface area contributed by atoms with Gasteiger partial charge < -0.3 is 21.3 Å². The molecule has 0 saturated heterocycles. The van der Waals surface area contributed by atoms with E-state index >= 15 is 0 Å². The molecular weight excluding hydrogens is 211 g/mol. The second-order valence-electron chi connectivity index (χ2n) is 4.01. The molecule has 1 rings (SSSR count). The van der Waals surface area contributed by atoms with E-state index in [-0.39, 0.29) is 19.8 Å². The number of nitrogens with two attached hydrogens (primary N) is 1. The molecule has 16 heavy (non-hydrogen) atoms. The minimum absolute atomic E-state index is 0.142. The van der Waals surface area contributed by atoms with Crippen molar-refractivity contribution < 1.29 is 14.6 Å². The fourth-order valence-corrected chi connectivity index (χ4v) is 1.27. The third-order valence-corrected chi connectivity index (χ3v) is 2.42. The average Bonchev–Trinajstić information content (AvgIpc) is 2.29. The normalized spacial score (nSPS) is 11.6. The molecule has 0 spiro atoms. The van der Waals surface area contributed by atoms with E-state index in [1.165, 1.54) is 6.07 Å². The van der Waals surface area contributed by atoms with Gasteiger partial charge in [0.25, 0.3) is 0 Å². The molecule has 0 unspecified atom stereocenters. The van der Waals surface area contributed by atoms with Crippen molar-refractivity contribution in [2.45, 2.75) is 19.0 Å².